The minimum atomic E-state index is -4.04. The first kappa shape index (κ1) is 21.5. The Morgan fingerprint density at radius 3 is 2.53 bits per heavy atom. The standard InChI is InChI=1S/C21H24N4O4S/c1-4-29-18-11-10-17(23-15(2)26)14-19(18)30(27,28)24-20(16-8-6-5-7-9-16)21-22-12-13-25(21)3/h5-14,20,24H,4H2,1-3H3,(H,23,26). The van der Waals surface area contributed by atoms with Crippen LogP contribution in [0.15, 0.2) is 65.8 Å². The maximum Gasteiger partial charge on any atom is 0.245 e. The van der Waals surface area contributed by atoms with E-state index >= 15 is 0 Å². The van der Waals surface area contributed by atoms with Crippen LogP contribution in [-0.4, -0.2) is 30.5 Å². The zero-order valence-corrected chi connectivity index (χ0v) is 17.8. The van der Waals surface area contributed by atoms with Gasteiger partial charge in [-0.25, -0.2) is 13.4 Å². The Morgan fingerprint density at radius 1 is 1.20 bits per heavy atom. The first-order valence-electron chi connectivity index (χ1n) is 9.40. The maximum atomic E-state index is 13.4. The topological polar surface area (TPSA) is 102 Å². The van der Waals surface area contributed by atoms with E-state index in [4.69, 9.17) is 4.74 Å². The normalized spacial score (nSPS) is 12.4. The SMILES string of the molecule is CCOc1ccc(NC(C)=O)cc1S(=O)(=O)NC(c1ccccc1)c1nccn1C. The molecule has 0 bridgehead atoms. The van der Waals surface area contributed by atoms with Crippen molar-refractivity contribution in [3.8, 4) is 5.75 Å². The van der Waals surface area contributed by atoms with Crippen molar-refractivity contribution in [1.82, 2.24) is 14.3 Å². The molecule has 2 aromatic carbocycles. The lowest BCUT2D eigenvalue weighted by atomic mass is 10.1. The van der Waals surface area contributed by atoms with E-state index in [9.17, 15) is 13.2 Å². The fourth-order valence-electron chi connectivity index (χ4n) is 3.06. The van der Waals surface area contributed by atoms with Gasteiger partial charge in [0, 0.05) is 32.1 Å². The number of ether oxygens (including phenoxy) is 1. The summed E-state index contributed by atoms with van der Waals surface area (Å²) in [4.78, 5) is 15.7. The summed E-state index contributed by atoms with van der Waals surface area (Å²) in [5.74, 6) is 0.442. The molecule has 1 aromatic heterocycles. The van der Waals surface area contributed by atoms with E-state index in [2.05, 4.69) is 15.0 Å². The summed E-state index contributed by atoms with van der Waals surface area (Å²) in [7, 11) is -2.24. The van der Waals surface area contributed by atoms with Crippen LogP contribution in [0.3, 0.4) is 0 Å². The lowest BCUT2D eigenvalue weighted by molar-refractivity contribution is -0.114. The number of amides is 1. The molecule has 1 unspecified atom stereocenters. The third-order valence-electron chi connectivity index (χ3n) is 4.38. The van der Waals surface area contributed by atoms with Crippen molar-refractivity contribution >= 4 is 21.6 Å². The van der Waals surface area contributed by atoms with E-state index in [0.29, 0.717) is 18.1 Å². The van der Waals surface area contributed by atoms with Gasteiger partial charge in [-0.15, -0.1) is 0 Å². The molecule has 1 heterocycles. The summed E-state index contributed by atoms with van der Waals surface area (Å²) >= 11 is 0. The minimum absolute atomic E-state index is 0.0641. The largest absolute Gasteiger partial charge is 0.492 e. The smallest absolute Gasteiger partial charge is 0.245 e. The van der Waals surface area contributed by atoms with Gasteiger partial charge >= 0.3 is 0 Å². The zero-order chi connectivity index (χ0) is 21.7. The van der Waals surface area contributed by atoms with Crippen LogP contribution in [-0.2, 0) is 21.9 Å². The third-order valence-corrected chi connectivity index (χ3v) is 5.82. The van der Waals surface area contributed by atoms with Crippen molar-refractivity contribution in [1.29, 1.82) is 0 Å². The Kier molecular flexibility index (Phi) is 6.53. The molecule has 0 saturated heterocycles. The van der Waals surface area contributed by atoms with E-state index < -0.39 is 16.1 Å². The maximum absolute atomic E-state index is 13.4. The number of carbonyl (C=O) groups excluding carboxylic acids is 1. The van der Waals surface area contributed by atoms with Crippen LogP contribution in [0.4, 0.5) is 5.69 Å². The van der Waals surface area contributed by atoms with Crippen LogP contribution < -0.4 is 14.8 Å². The summed E-state index contributed by atoms with van der Waals surface area (Å²) in [6.07, 6.45) is 3.37. The average Bonchev–Trinajstić information content (AvgIpc) is 3.13. The lowest BCUT2D eigenvalue weighted by Crippen LogP contribution is -2.31. The van der Waals surface area contributed by atoms with Gasteiger partial charge in [0.2, 0.25) is 15.9 Å². The molecule has 8 nitrogen and oxygen atoms in total. The van der Waals surface area contributed by atoms with E-state index in [0.717, 1.165) is 5.56 Å². The number of hydrogen-bond donors (Lipinski definition) is 2. The molecule has 158 valence electrons. The van der Waals surface area contributed by atoms with E-state index in [1.165, 1.54) is 19.1 Å². The number of aryl methyl sites for hydroxylation is 1. The highest BCUT2D eigenvalue weighted by Gasteiger charge is 2.28. The number of benzene rings is 2. The Balaban J connectivity index is 2.06. The number of sulfonamides is 1. The number of imidazole rings is 1. The number of nitrogens with one attached hydrogen (secondary N) is 2. The molecule has 2 N–H and O–H groups in total. The molecule has 3 aromatic rings. The van der Waals surface area contributed by atoms with Crippen LogP contribution in [0.25, 0.3) is 0 Å². The van der Waals surface area contributed by atoms with Crippen molar-refractivity contribution in [2.24, 2.45) is 7.05 Å². The number of rotatable bonds is 8. The molecule has 0 radical (unpaired) electrons. The molecule has 30 heavy (non-hydrogen) atoms. The molecule has 1 amide bonds. The number of hydrogen-bond acceptors (Lipinski definition) is 5. The van der Waals surface area contributed by atoms with Gasteiger partial charge in [-0.05, 0) is 30.7 Å². The van der Waals surface area contributed by atoms with Crippen LogP contribution in [0.5, 0.6) is 5.75 Å². The second kappa shape index (κ2) is 9.10. The third kappa shape index (κ3) is 4.87. The number of nitrogens with zero attached hydrogens (tertiary/aromatic N) is 2. The first-order valence-corrected chi connectivity index (χ1v) is 10.9. The Hall–Kier alpha value is -3.17. The monoisotopic (exact) mass is 428 g/mol. The summed E-state index contributed by atoms with van der Waals surface area (Å²) in [6, 6.07) is 13.0. The van der Waals surface area contributed by atoms with Crippen LogP contribution >= 0.6 is 0 Å². The Morgan fingerprint density at radius 2 is 1.93 bits per heavy atom. The number of aromatic nitrogens is 2. The van der Waals surface area contributed by atoms with Crippen molar-refractivity contribution in [2.45, 2.75) is 24.8 Å². The van der Waals surface area contributed by atoms with Crippen molar-refractivity contribution in [3.63, 3.8) is 0 Å². The molecule has 0 aliphatic heterocycles. The zero-order valence-electron chi connectivity index (χ0n) is 17.0. The quantitative estimate of drug-likeness (QED) is 0.574. The Labute approximate surface area is 176 Å². The van der Waals surface area contributed by atoms with Crippen molar-refractivity contribution in [2.75, 3.05) is 11.9 Å². The molecule has 3 rings (SSSR count). The summed E-state index contributed by atoms with van der Waals surface area (Å²) < 4.78 is 36.9. The molecule has 1 atom stereocenters. The number of carbonyl (C=O) groups is 1. The summed E-state index contributed by atoms with van der Waals surface area (Å²) in [5, 5.41) is 2.61. The van der Waals surface area contributed by atoms with Gasteiger partial charge in [0.05, 0.1) is 6.61 Å². The molecular formula is C21H24N4O4S. The fraction of sp³-hybridized carbons (Fsp3) is 0.238. The van der Waals surface area contributed by atoms with Gasteiger partial charge < -0.3 is 14.6 Å². The highest BCUT2D eigenvalue weighted by molar-refractivity contribution is 7.89. The number of anilines is 1. The van der Waals surface area contributed by atoms with Gasteiger partial charge in [-0.1, -0.05) is 30.3 Å². The highest BCUT2D eigenvalue weighted by atomic mass is 32.2. The van der Waals surface area contributed by atoms with E-state index in [1.807, 2.05) is 30.3 Å². The molecule has 9 heteroatoms. The van der Waals surface area contributed by atoms with Crippen LogP contribution in [0.2, 0.25) is 0 Å². The molecule has 0 fully saturated rings. The van der Waals surface area contributed by atoms with Crippen LogP contribution in [0, 0.1) is 0 Å². The second-order valence-corrected chi connectivity index (χ2v) is 8.32. The molecule has 0 aliphatic carbocycles. The average molecular weight is 429 g/mol. The van der Waals surface area contributed by atoms with Gasteiger partial charge in [-0.3, -0.25) is 4.79 Å². The van der Waals surface area contributed by atoms with Gasteiger partial charge in [0.25, 0.3) is 0 Å². The van der Waals surface area contributed by atoms with Crippen molar-refractivity contribution < 1.29 is 17.9 Å². The minimum Gasteiger partial charge on any atom is -0.492 e. The van der Waals surface area contributed by atoms with Gasteiger partial charge in [0.15, 0.2) is 0 Å². The molecule has 0 aliphatic rings. The van der Waals surface area contributed by atoms with Crippen molar-refractivity contribution in [3.05, 3.63) is 72.3 Å². The first-order chi connectivity index (χ1) is 14.3. The molecule has 0 spiro atoms. The van der Waals surface area contributed by atoms with Gasteiger partial charge in [0.1, 0.15) is 22.5 Å². The predicted octanol–water partition coefficient (Wildman–Crippen LogP) is 2.85. The van der Waals surface area contributed by atoms with E-state index in [1.54, 1.807) is 37.0 Å². The molecule has 0 saturated carbocycles. The summed E-state index contributed by atoms with van der Waals surface area (Å²) in [6.45, 7) is 3.42. The van der Waals surface area contributed by atoms with Crippen LogP contribution in [0.1, 0.15) is 31.3 Å². The Bertz CT molecular complexity index is 1130. The molecular weight excluding hydrogens is 404 g/mol. The van der Waals surface area contributed by atoms with Gasteiger partial charge in [-0.2, -0.15) is 4.72 Å². The summed E-state index contributed by atoms with van der Waals surface area (Å²) in [5.41, 5.74) is 1.10. The lowest BCUT2D eigenvalue weighted by Gasteiger charge is -2.20. The fourth-order valence-corrected chi connectivity index (χ4v) is 4.42. The van der Waals surface area contributed by atoms with E-state index in [-0.39, 0.29) is 16.6 Å². The highest BCUT2D eigenvalue weighted by Crippen LogP contribution is 2.30. The second-order valence-electron chi connectivity index (χ2n) is 6.64. The predicted molar refractivity (Wildman–Crippen MR) is 114 cm³/mol.